The molecule has 1 fully saturated rings. The van der Waals surface area contributed by atoms with E-state index in [9.17, 15) is 9.59 Å². The summed E-state index contributed by atoms with van der Waals surface area (Å²) < 4.78 is 9.89. The zero-order valence-corrected chi connectivity index (χ0v) is 12.1. The van der Waals surface area contributed by atoms with Gasteiger partial charge in [-0.25, -0.2) is 9.59 Å². The maximum Gasteiger partial charge on any atom is 0.410 e. The summed E-state index contributed by atoms with van der Waals surface area (Å²) in [5.41, 5.74) is 1.85. The molecule has 1 aliphatic heterocycles. The average molecular weight is 289 g/mol. The van der Waals surface area contributed by atoms with Gasteiger partial charge in [0, 0.05) is 19.2 Å². The van der Waals surface area contributed by atoms with E-state index in [-0.39, 0.29) is 18.7 Å². The molecule has 1 heterocycles. The molecule has 0 atom stereocenters. The van der Waals surface area contributed by atoms with Crippen molar-refractivity contribution in [3.8, 4) is 0 Å². The van der Waals surface area contributed by atoms with Crippen LogP contribution in [0.1, 0.15) is 18.4 Å². The van der Waals surface area contributed by atoms with Crippen LogP contribution in [0.2, 0.25) is 0 Å². The molecular formula is C16H19NO4. The van der Waals surface area contributed by atoms with Crippen molar-refractivity contribution in [3.05, 3.63) is 47.5 Å². The van der Waals surface area contributed by atoms with Crippen molar-refractivity contribution < 1.29 is 19.1 Å². The van der Waals surface area contributed by atoms with Gasteiger partial charge >= 0.3 is 12.1 Å². The van der Waals surface area contributed by atoms with Gasteiger partial charge in [-0.2, -0.15) is 0 Å². The third-order valence-corrected chi connectivity index (χ3v) is 3.31. The minimum Gasteiger partial charge on any atom is -0.466 e. The van der Waals surface area contributed by atoms with Gasteiger partial charge in [-0.05, 0) is 24.0 Å². The predicted octanol–water partition coefficient (Wildman–Crippen LogP) is 2.52. The molecular weight excluding hydrogens is 270 g/mol. The zero-order chi connectivity index (χ0) is 15.1. The van der Waals surface area contributed by atoms with Crippen LogP contribution in [0.4, 0.5) is 4.79 Å². The lowest BCUT2D eigenvalue weighted by atomic mass is 10.1. The van der Waals surface area contributed by atoms with E-state index in [1.54, 1.807) is 4.90 Å². The Hall–Kier alpha value is -2.30. The summed E-state index contributed by atoms with van der Waals surface area (Å²) in [6.45, 7) is 1.32. The van der Waals surface area contributed by atoms with E-state index in [0.29, 0.717) is 13.1 Å². The number of carbonyl (C=O) groups is 2. The summed E-state index contributed by atoms with van der Waals surface area (Å²) in [6.07, 6.45) is 2.73. The van der Waals surface area contributed by atoms with Crippen LogP contribution in [0.15, 0.2) is 42.0 Å². The molecule has 1 amide bonds. The number of esters is 1. The normalized spacial score (nSPS) is 16.6. The second-order valence-corrected chi connectivity index (χ2v) is 4.89. The van der Waals surface area contributed by atoms with Crippen LogP contribution in [0.3, 0.4) is 0 Å². The maximum atomic E-state index is 12.0. The molecule has 0 bridgehead atoms. The Bertz CT molecular complexity index is 524. The number of carbonyl (C=O) groups excluding carboxylic acids is 2. The Morgan fingerprint density at radius 3 is 2.76 bits per heavy atom. The average Bonchev–Trinajstić information content (AvgIpc) is 2.53. The van der Waals surface area contributed by atoms with Gasteiger partial charge in [0.2, 0.25) is 0 Å². The minimum absolute atomic E-state index is 0.256. The molecule has 112 valence electrons. The first-order chi connectivity index (χ1) is 10.2. The van der Waals surface area contributed by atoms with E-state index in [1.165, 1.54) is 13.2 Å². The molecule has 1 aromatic carbocycles. The first-order valence-corrected chi connectivity index (χ1v) is 6.92. The van der Waals surface area contributed by atoms with Crippen molar-refractivity contribution in [2.45, 2.75) is 19.4 Å². The number of hydrogen-bond donors (Lipinski definition) is 0. The SMILES string of the molecule is COC(=O)/C=C1/CCCN(C(=O)OCc2ccccc2)C1. The Balaban J connectivity index is 1.87. The monoisotopic (exact) mass is 289 g/mol. The molecule has 5 heteroatoms. The second-order valence-electron chi connectivity index (χ2n) is 4.89. The Morgan fingerprint density at radius 2 is 2.05 bits per heavy atom. The lowest BCUT2D eigenvalue weighted by Gasteiger charge is -2.27. The van der Waals surface area contributed by atoms with Crippen molar-refractivity contribution in [1.29, 1.82) is 0 Å². The number of piperidine rings is 1. The van der Waals surface area contributed by atoms with Crippen LogP contribution in [0.5, 0.6) is 0 Å². The molecule has 1 aromatic rings. The van der Waals surface area contributed by atoms with E-state index in [0.717, 1.165) is 24.0 Å². The summed E-state index contributed by atoms with van der Waals surface area (Å²) in [7, 11) is 1.34. The van der Waals surface area contributed by atoms with Crippen LogP contribution in [-0.2, 0) is 20.9 Å². The summed E-state index contributed by atoms with van der Waals surface area (Å²) in [4.78, 5) is 24.9. The predicted molar refractivity (Wildman–Crippen MR) is 77.5 cm³/mol. The molecule has 0 aromatic heterocycles. The summed E-state index contributed by atoms with van der Waals surface area (Å²) in [5.74, 6) is -0.385. The van der Waals surface area contributed by atoms with Crippen LogP contribution < -0.4 is 0 Å². The molecule has 21 heavy (non-hydrogen) atoms. The van der Waals surface area contributed by atoms with E-state index in [4.69, 9.17) is 4.74 Å². The fraction of sp³-hybridized carbons (Fsp3) is 0.375. The molecule has 1 aliphatic rings. The van der Waals surface area contributed by atoms with Gasteiger partial charge in [-0.1, -0.05) is 30.3 Å². The zero-order valence-electron chi connectivity index (χ0n) is 12.1. The topological polar surface area (TPSA) is 55.8 Å². The van der Waals surface area contributed by atoms with Crippen LogP contribution in [0.25, 0.3) is 0 Å². The van der Waals surface area contributed by atoms with Crippen LogP contribution in [-0.4, -0.2) is 37.2 Å². The molecule has 1 saturated heterocycles. The van der Waals surface area contributed by atoms with Crippen molar-refractivity contribution >= 4 is 12.1 Å². The number of rotatable bonds is 3. The molecule has 0 spiro atoms. The summed E-state index contributed by atoms with van der Waals surface area (Å²) >= 11 is 0. The van der Waals surface area contributed by atoms with Crippen molar-refractivity contribution in [1.82, 2.24) is 4.90 Å². The first kappa shape index (κ1) is 15.1. The molecule has 5 nitrogen and oxygen atoms in total. The molecule has 0 saturated carbocycles. The van der Waals surface area contributed by atoms with Gasteiger partial charge < -0.3 is 14.4 Å². The van der Waals surface area contributed by atoms with Crippen LogP contribution >= 0.6 is 0 Å². The molecule has 0 N–H and O–H groups in total. The van der Waals surface area contributed by atoms with Gasteiger partial charge in [-0.15, -0.1) is 0 Å². The largest absolute Gasteiger partial charge is 0.466 e. The Kier molecular flexibility index (Phi) is 5.37. The third kappa shape index (κ3) is 4.63. The van der Waals surface area contributed by atoms with Crippen molar-refractivity contribution in [2.24, 2.45) is 0 Å². The highest BCUT2D eigenvalue weighted by atomic mass is 16.6. The van der Waals surface area contributed by atoms with Crippen LogP contribution in [0, 0.1) is 0 Å². The second kappa shape index (κ2) is 7.47. The van der Waals surface area contributed by atoms with Crippen molar-refractivity contribution in [2.75, 3.05) is 20.2 Å². The lowest BCUT2D eigenvalue weighted by Crippen LogP contribution is -2.37. The summed E-state index contributed by atoms with van der Waals surface area (Å²) in [6, 6.07) is 9.54. The number of amides is 1. The fourth-order valence-electron chi connectivity index (χ4n) is 2.21. The van der Waals surface area contributed by atoms with E-state index < -0.39 is 0 Å². The number of hydrogen-bond acceptors (Lipinski definition) is 4. The molecule has 0 aliphatic carbocycles. The number of nitrogens with zero attached hydrogens (tertiary/aromatic N) is 1. The quantitative estimate of drug-likeness (QED) is 0.634. The van der Waals surface area contributed by atoms with Gasteiger partial charge in [0.25, 0.3) is 0 Å². The van der Waals surface area contributed by atoms with Gasteiger partial charge in [0.1, 0.15) is 6.61 Å². The van der Waals surface area contributed by atoms with Crippen molar-refractivity contribution in [3.63, 3.8) is 0 Å². The molecule has 0 radical (unpaired) electrons. The first-order valence-electron chi connectivity index (χ1n) is 6.92. The number of ether oxygens (including phenoxy) is 2. The van der Waals surface area contributed by atoms with Gasteiger partial charge in [0.05, 0.1) is 7.11 Å². The smallest absolute Gasteiger partial charge is 0.410 e. The highest BCUT2D eigenvalue weighted by Gasteiger charge is 2.21. The van der Waals surface area contributed by atoms with Gasteiger partial charge in [0.15, 0.2) is 0 Å². The van der Waals surface area contributed by atoms with E-state index >= 15 is 0 Å². The standard InChI is InChI=1S/C16H19NO4/c1-20-15(18)10-14-8-5-9-17(11-14)16(19)21-12-13-6-3-2-4-7-13/h2-4,6-7,10H,5,8-9,11-12H2,1H3/b14-10-. The summed E-state index contributed by atoms with van der Waals surface area (Å²) in [5, 5.41) is 0. The number of likely N-dealkylation sites (tertiary alicyclic amines) is 1. The van der Waals surface area contributed by atoms with Gasteiger partial charge in [-0.3, -0.25) is 0 Å². The third-order valence-electron chi connectivity index (χ3n) is 3.31. The van der Waals surface area contributed by atoms with E-state index in [1.807, 2.05) is 30.3 Å². The lowest BCUT2D eigenvalue weighted by molar-refractivity contribution is -0.134. The number of methoxy groups -OCH3 is 1. The highest BCUT2D eigenvalue weighted by Crippen LogP contribution is 2.17. The number of benzene rings is 1. The molecule has 2 rings (SSSR count). The highest BCUT2D eigenvalue weighted by molar-refractivity contribution is 5.83. The minimum atomic E-state index is -0.385. The molecule has 0 unspecified atom stereocenters. The fourth-order valence-corrected chi connectivity index (χ4v) is 2.21. The Morgan fingerprint density at radius 1 is 1.29 bits per heavy atom. The van der Waals surface area contributed by atoms with E-state index in [2.05, 4.69) is 4.74 Å². The Labute approximate surface area is 124 Å². The maximum absolute atomic E-state index is 12.0.